The molecule has 15 heavy (non-hydrogen) atoms. The summed E-state index contributed by atoms with van der Waals surface area (Å²) >= 11 is 1.39. The molecular weight excluding hydrogens is 212 g/mol. The van der Waals surface area contributed by atoms with Gasteiger partial charge in [0, 0.05) is 18.1 Å². The van der Waals surface area contributed by atoms with E-state index in [1.165, 1.54) is 11.3 Å². The lowest BCUT2D eigenvalue weighted by Crippen LogP contribution is -2.12. The fourth-order valence-electron chi connectivity index (χ4n) is 1.10. The van der Waals surface area contributed by atoms with Crippen molar-refractivity contribution in [1.82, 2.24) is 14.5 Å². The third-order valence-electron chi connectivity index (χ3n) is 1.90. The molecule has 2 rings (SSSR count). The number of aromatic nitrogens is 3. The van der Waals surface area contributed by atoms with E-state index >= 15 is 0 Å². The molecule has 0 spiro atoms. The predicted octanol–water partition coefficient (Wildman–Crippen LogP) is 1.61. The van der Waals surface area contributed by atoms with Gasteiger partial charge in [0.25, 0.3) is 5.91 Å². The Morgan fingerprint density at radius 1 is 1.60 bits per heavy atom. The van der Waals surface area contributed by atoms with Gasteiger partial charge in [0.1, 0.15) is 5.69 Å². The van der Waals surface area contributed by atoms with E-state index in [-0.39, 0.29) is 5.91 Å². The third-order valence-corrected chi connectivity index (χ3v) is 2.49. The first kappa shape index (κ1) is 9.85. The molecule has 0 aliphatic carbocycles. The number of carbonyl (C=O) groups excluding carboxylic acids is 1. The average Bonchev–Trinajstić information content (AvgIpc) is 2.87. The second kappa shape index (κ2) is 4.22. The van der Waals surface area contributed by atoms with Crippen LogP contribution in [0.15, 0.2) is 23.4 Å². The molecule has 2 heterocycles. The molecule has 0 saturated heterocycles. The molecule has 2 aromatic rings. The quantitative estimate of drug-likeness (QED) is 0.858. The second-order valence-electron chi connectivity index (χ2n) is 2.92. The van der Waals surface area contributed by atoms with E-state index in [4.69, 9.17) is 0 Å². The smallest absolute Gasteiger partial charge is 0.276 e. The van der Waals surface area contributed by atoms with Crippen LogP contribution in [0.2, 0.25) is 0 Å². The van der Waals surface area contributed by atoms with Crippen LogP contribution < -0.4 is 5.32 Å². The van der Waals surface area contributed by atoms with Crippen LogP contribution in [-0.4, -0.2) is 20.4 Å². The van der Waals surface area contributed by atoms with E-state index in [0.717, 1.165) is 6.54 Å². The Morgan fingerprint density at radius 2 is 2.47 bits per heavy atom. The highest BCUT2D eigenvalue weighted by molar-refractivity contribution is 7.07. The summed E-state index contributed by atoms with van der Waals surface area (Å²) in [6, 6.07) is 0. The Balaban J connectivity index is 2.06. The maximum Gasteiger partial charge on any atom is 0.276 e. The van der Waals surface area contributed by atoms with Crippen molar-refractivity contribution < 1.29 is 4.79 Å². The van der Waals surface area contributed by atoms with Gasteiger partial charge in [-0.05, 0) is 6.92 Å². The Bertz CT molecular complexity index is 448. The van der Waals surface area contributed by atoms with Crippen molar-refractivity contribution in [1.29, 1.82) is 0 Å². The summed E-state index contributed by atoms with van der Waals surface area (Å²) in [7, 11) is 0. The number of hydrogen-bond acceptors (Lipinski definition) is 4. The molecule has 5 nitrogen and oxygen atoms in total. The standard InChI is InChI=1S/C9H10N4OS/c1-2-13-3-8(10-5-13)12-9(14)7-4-15-6-11-7/h3-6H,2H2,1H3,(H,12,14). The molecule has 0 atom stereocenters. The molecule has 0 aliphatic heterocycles. The zero-order valence-corrected chi connectivity index (χ0v) is 8.99. The predicted molar refractivity (Wildman–Crippen MR) is 58.0 cm³/mol. The van der Waals surface area contributed by atoms with E-state index in [2.05, 4.69) is 15.3 Å². The molecule has 1 N–H and O–H groups in total. The van der Waals surface area contributed by atoms with Crippen molar-refractivity contribution in [2.75, 3.05) is 5.32 Å². The first-order valence-corrected chi connectivity index (χ1v) is 5.45. The minimum atomic E-state index is -0.224. The molecule has 0 fully saturated rings. The number of nitrogens with one attached hydrogen (secondary N) is 1. The third kappa shape index (κ3) is 2.21. The molecule has 2 aromatic heterocycles. The highest BCUT2D eigenvalue weighted by Gasteiger charge is 2.08. The van der Waals surface area contributed by atoms with Crippen LogP contribution in [0.25, 0.3) is 0 Å². The highest BCUT2D eigenvalue weighted by Crippen LogP contribution is 2.06. The van der Waals surface area contributed by atoms with E-state index < -0.39 is 0 Å². The van der Waals surface area contributed by atoms with Crippen LogP contribution in [0.1, 0.15) is 17.4 Å². The highest BCUT2D eigenvalue weighted by atomic mass is 32.1. The van der Waals surface area contributed by atoms with Crippen LogP contribution >= 0.6 is 11.3 Å². The summed E-state index contributed by atoms with van der Waals surface area (Å²) in [6.07, 6.45) is 3.46. The van der Waals surface area contributed by atoms with Gasteiger partial charge in [-0.1, -0.05) is 0 Å². The summed E-state index contributed by atoms with van der Waals surface area (Å²) < 4.78 is 1.89. The monoisotopic (exact) mass is 222 g/mol. The van der Waals surface area contributed by atoms with E-state index in [0.29, 0.717) is 11.5 Å². The summed E-state index contributed by atoms with van der Waals surface area (Å²) in [5.41, 5.74) is 2.05. The van der Waals surface area contributed by atoms with Gasteiger partial charge in [-0.25, -0.2) is 9.97 Å². The fourth-order valence-corrected chi connectivity index (χ4v) is 1.63. The van der Waals surface area contributed by atoms with E-state index in [1.54, 1.807) is 23.4 Å². The first-order valence-electron chi connectivity index (χ1n) is 4.51. The van der Waals surface area contributed by atoms with Gasteiger partial charge >= 0.3 is 0 Å². The fraction of sp³-hybridized carbons (Fsp3) is 0.222. The number of nitrogens with zero attached hydrogens (tertiary/aromatic N) is 3. The van der Waals surface area contributed by atoms with Gasteiger partial charge in [-0.3, -0.25) is 4.79 Å². The zero-order chi connectivity index (χ0) is 10.7. The number of thiazole rings is 1. The minimum absolute atomic E-state index is 0.224. The Hall–Kier alpha value is -1.69. The van der Waals surface area contributed by atoms with Gasteiger partial charge in [0.15, 0.2) is 5.82 Å². The van der Waals surface area contributed by atoms with Crippen molar-refractivity contribution in [3.63, 3.8) is 0 Å². The maximum absolute atomic E-state index is 11.6. The largest absolute Gasteiger partial charge is 0.336 e. The van der Waals surface area contributed by atoms with Crippen molar-refractivity contribution >= 4 is 23.1 Å². The van der Waals surface area contributed by atoms with Crippen LogP contribution in [0.5, 0.6) is 0 Å². The number of aryl methyl sites for hydroxylation is 1. The topological polar surface area (TPSA) is 59.8 Å². The number of amides is 1. The second-order valence-corrected chi connectivity index (χ2v) is 3.64. The molecule has 0 bridgehead atoms. The molecule has 0 unspecified atom stereocenters. The van der Waals surface area contributed by atoms with Crippen molar-refractivity contribution in [2.45, 2.75) is 13.5 Å². The lowest BCUT2D eigenvalue weighted by Gasteiger charge is -1.97. The lowest BCUT2D eigenvalue weighted by atomic mass is 10.4. The number of rotatable bonds is 3. The molecule has 0 saturated carbocycles. The normalized spacial score (nSPS) is 10.2. The Labute approximate surface area is 90.8 Å². The Morgan fingerprint density at radius 3 is 3.07 bits per heavy atom. The van der Waals surface area contributed by atoms with Gasteiger partial charge in [0.2, 0.25) is 0 Å². The molecule has 1 amide bonds. The summed E-state index contributed by atoms with van der Waals surface area (Å²) in [5.74, 6) is 0.326. The van der Waals surface area contributed by atoms with Gasteiger partial charge < -0.3 is 9.88 Å². The Kier molecular flexibility index (Phi) is 2.77. The van der Waals surface area contributed by atoms with Crippen molar-refractivity contribution in [3.8, 4) is 0 Å². The number of imidazole rings is 1. The molecular formula is C9H10N4OS. The number of anilines is 1. The molecule has 0 aromatic carbocycles. The molecule has 0 aliphatic rings. The molecule has 6 heteroatoms. The zero-order valence-electron chi connectivity index (χ0n) is 8.17. The SMILES string of the molecule is CCn1cnc(NC(=O)c2cscn2)c1. The first-order chi connectivity index (χ1) is 7.29. The van der Waals surface area contributed by atoms with Gasteiger partial charge in [-0.2, -0.15) is 0 Å². The van der Waals surface area contributed by atoms with Crippen LogP contribution in [-0.2, 0) is 6.54 Å². The van der Waals surface area contributed by atoms with Gasteiger partial charge in [0.05, 0.1) is 11.8 Å². The van der Waals surface area contributed by atoms with Crippen LogP contribution in [0.3, 0.4) is 0 Å². The van der Waals surface area contributed by atoms with E-state index in [1.807, 2.05) is 11.5 Å². The van der Waals surface area contributed by atoms with E-state index in [9.17, 15) is 4.79 Å². The number of hydrogen-bond donors (Lipinski definition) is 1. The van der Waals surface area contributed by atoms with Crippen molar-refractivity contribution in [3.05, 3.63) is 29.1 Å². The van der Waals surface area contributed by atoms with Gasteiger partial charge in [-0.15, -0.1) is 11.3 Å². The number of carbonyl (C=O) groups is 1. The van der Waals surface area contributed by atoms with Crippen LogP contribution in [0.4, 0.5) is 5.82 Å². The molecule has 78 valence electrons. The maximum atomic E-state index is 11.6. The molecule has 0 radical (unpaired) electrons. The lowest BCUT2D eigenvalue weighted by molar-refractivity contribution is 0.102. The average molecular weight is 222 g/mol. The van der Waals surface area contributed by atoms with Crippen LogP contribution in [0, 0.1) is 0 Å². The summed E-state index contributed by atoms with van der Waals surface area (Å²) in [5, 5.41) is 4.37. The summed E-state index contributed by atoms with van der Waals surface area (Å²) in [4.78, 5) is 19.5. The summed E-state index contributed by atoms with van der Waals surface area (Å²) in [6.45, 7) is 2.84. The van der Waals surface area contributed by atoms with Crippen molar-refractivity contribution in [2.24, 2.45) is 0 Å². The minimum Gasteiger partial charge on any atom is -0.336 e.